The highest BCUT2D eigenvalue weighted by Crippen LogP contribution is 2.50. The van der Waals surface area contributed by atoms with Crippen molar-refractivity contribution in [2.75, 3.05) is 48.4 Å². The highest BCUT2D eigenvalue weighted by atomic mass is 32.2. The minimum Gasteiger partial charge on any atom is -0.465 e. The van der Waals surface area contributed by atoms with Gasteiger partial charge >= 0.3 is 5.97 Å². The molecular formula is C46H56N3O15S4+. The number of rotatable bonds is 18. The molecule has 1 atom stereocenters. The molecule has 368 valence electrons. The number of benzene rings is 3. The van der Waals surface area contributed by atoms with Gasteiger partial charge in [0.05, 0.1) is 34.2 Å². The molecule has 18 nitrogen and oxygen atoms in total. The van der Waals surface area contributed by atoms with E-state index in [2.05, 4.69) is 5.32 Å². The lowest BCUT2D eigenvalue weighted by Crippen LogP contribution is -2.49. The number of ether oxygens (including phenoxy) is 1. The van der Waals surface area contributed by atoms with Crippen molar-refractivity contribution in [3.63, 3.8) is 0 Å². The van der Waals surface area contributed by atoms with Crippen LogP contribution in [0.3, 0.4) is 0 Å². The Hall–Kier alpha value is -5.07. The van der Waals surface area contributed by atoms with E-state index in [0.29, 0.717) is 28.1 Å². The van der Waals surface area contributed by atoms with E-state index >= 15 is 0 Å². The summed E-state index contributed by atoms with van der Waals surface area (Å²) in [6.07, 6.45) is 8.16. The highest BCUT2D eigenvalue weighted by Gasteiger charge is 2.50. The molecule has 1 amide bonds. The van der Waals surface area contributed by atoms with Crippen LogP contribution in [-0.4, -0.2) is 118 Å². The van der Waals surface area contributed by atoms with Crippen LogP contribution in [0.15, 0.2) is 107 Å². The molecule has 2 aliphatic heterocycles. The Kier molecular flexibility index (Phi) is 14.9. The largest absolute Gasteiger partial charge is 0.465 e. The van der Waals surface area contributed by atoms with E-state index in [9.17, 15) is 61.5 Å². The number of nitrogens with zero attached hydrogens (tertiary/aromatic N) is 2. The van der Waals surface area contributed by atoms with Gasteiger partial charge in [0.1, 0.15) is 6.54 Å². The number of carbonyl (C=O) groups is 2. The van der Waals surface area contributed by atoms with Gasteiger partial charge in [0.2, 0.25) is 11.6 Å². The number of hydrogen-bond acceptors (Lipinski definition) is 12. The molecular weight excluding hydrogens is 963 g/mol. The first kappa shape index (κ1) is 52.3. The van der Waals surface area contributed by atoms with Crippen LogP contribution in [0.25, 0.3) is 10.8 Å². The molecule has 0 saturated heterocycles. The van der Waals surface area contributed by atoms with Gasteiger partial charge in [-0.15, -0.1) is 0 Å². The van der Waals surface area contributed by atoms with Gasteiger partial charge in [-0.1, -0.05) is 56.3 Å². The van der Waals surface area contributed by atoms with E-state index in [1.165, 1.54) is 18.2 Å². The Labute approximate surface area is 397 Å². The van der Waals surface area contributed by atoms with Gasteiger partial charge < -0.3 is 15.0 Å². The van der Waals surface area contributed by atoms with Crippen LogP contribution < -0.4 is 10.2 Å². The molecule has 0 saturated carbocycles. The lowest BCUT2D eigenvalue weighted by atomic mass is 9.70. The minimum atomic E-state index is -4.63. The molecule has 5 N–H and O–H groups in total. The van der Waals surface area contributed by atoms with Crippen LogP contribution in [0.5, 0.6) is 0 Å². The zero-order valence-electron chi connectivity index (χ0n) is 38.2. The molecule has 0 bridgehead atoms. The first-order chi connectivity index (χ1) is 31.5. The average molecular weight is 1020 g/mol. The summed E-state index contributed by atoms with van der Waals surface area (Å²) in [6, 6.07) is 15.7. The van der Waals surface area contributed by atoms with Crippen molar-refractivity contribution in [3.05, 3.63) is 113 Å². The van der Waals surface area contributed by atoms with Crippen molar-refractivity contribution in [1.29, 1.82) is 0 Å². The van der Waals surface area contributed by atoms with E-state index in [4.69, 9.17) is 4.74 Å². The maximum atomic E-state index is 14.4. The van der Waals surface area contributed by atoms with Crippen molar-refractivity contribution >= 4 is 80.2 Å². The molecule has 0 spiro atoms. The van der Waals surface area contributed by atoms with Gasteiger partial charge in [0, 0.05) is 54.0 Å². The predicted molar refractivity (Wildman–Crippen MR) is 257 cm³/mol. The summed E-state index contributed by atoms with van der Waals surface area (Å²) in [4.78, 5) is 29.9. The molecule has 1 aliphatic carbocycles. The van der Waals surface area contributed by atoms with Gasteiger partial charge in [-0.05, 0) is 97.9 Å². The number of amides is 1. The molecule has 2 heterocycles. The van der Waals surface area contributed by atoms with Crippen LogP contribution in [0.1, 0.15) is 71.4 Å². The number of esters is 1. The maximum Gasteiger partial charge on any atom is 0.322 e. The second kappa shape index (κ2) is 19.4. The van der Waals surface area contributed by atoms with Crippen molar-refractivity contribution in [3.8, 4) is 0 Å². The lowest BCUT2D eigenvalue weighted by molar-refractivity contribution is -0.437. The Bertz CT molecular complexity index is 3170. The number of carbonyl (C=O) groups excluding carboxylic acids is 2. The predicted octanol–water partition coefficient (Wildman–Crippen LogP) is 5.46. The first-order valence-corrected chi connectivity index (χ1v) is 27.9. The number of allylic oxidation sites excluding steroid dienone is 8. The summed E-state index contributed by atoms with van der Waals surface area (Å²) < 4.78 is 141. The number of anilines is 1. The highest BCUT2D eigenvalue weighted by molar-refractivity contribution is 7.86. The van der Waals surface area contributed by atoms with E-state index in [-0.39, 0.29) is 50.3 Å². The molecule has 22 heteroatoms. The van der Waals surface area contributed by atoms with Crippen molar-refractivity contribution < 1.29 is 70.8 Å². The minimum absolute atomic E-state index is 0.0377. The van der Waals surface area contributed by atoms with Gasteiger partial charge in [-0.25, -0.2) is 0 Å². The second-order valence-corrected chi connectivity index (χ2v) is 24.2. The topological polar surface area (TPSA) is 279 Å². The third kappa shape index (κ3) is 11.5. The third-order valence-corrected chi connectivity index (χ3v) is 15.7. The summed E-state index contributed by atoms with van der Waals surface area (Å²) in [5.74, 6) is -3.71. The monoisotopic (exact) mass is 1020 g/mol. The molecule has 0 radical (unpaired) electrons. The second-order valence-electron chi connectivity index (χ2n) is 18.1. The maximum absolute atomic E-state index is 14.4. The average Bonchev–Trinajstić information content (AvgIpc) is 3.57. The molecule has 0 fully saturated rings. The quantitative estimate of drug-likeness (QED) is 0.0458. The SMILES string of the molecule is CCOC(=O)C1(C(=O)NCCS(=O)(=O)O)CC(=CC=C2N(CCCS(=O)(=O)O)c3ccc(S(=O)(=O)O)cc3C2(C)C)C=C(C=CC2=[N+](CCCS(=O)(=O)O)c3ccc4ccccc4c3C2(C)C)C1. The summed E-state index contributed by atoms with van der Waals surface area (Å²) in [7, 11) is -17.8. The first-order valence-electron chi connectivity index (χ1n) is 21.7. The van der Waals surface area contributed by atoms with Crippen LogP contribution >= 0.6 is 0 Å². The number of fused-ring (bicyclic) bond motifs is 4. The van der Waals surface area contributed by atoms with E-state index in [1.807, 2.05) is 60.9 Å². The Morgan fingerprint density at radius 1 is 0.794 bits per heavy atom. The van der Waals surface area contributed by atoms with E-state index < -0.39 is 92.4 Å². The molecule has 68 heavy (non-hydrogen) atoms. The van der Waals surface area contributed by atoms with Gasteiger partial charge in [0.15, 0.2) is 11.1 Å². The van der Waals surface area contributed by atoms with Crippen LogP contribution in [0.2, 0.25) is 0 Å². The zero-order chi connectivity index (χ0) is 50.3. The summed E-state index contributed by atoms with van der Waals surface area (Å²) in [5, 5.41) is 4.43. The molecule has 3 aromatic carbocycles. The summed E-state index contributed by atoms with van der Waals surface area (Å²) in [5.41, 5.74) is 1.15. The summed E-state index contributed by atoms with van der Waals surface area (Å²) >= 11 is 0. The normalized spacial score (nSPS) is 20.5. The van der Waals surface area contributed by atoms with E-state index in [0.717, 1.165) is 27.7 Å². The Morgan fingerprint density at radius 2 is 1.46 bits per heavy atom. The van der Waals surface area contributed by atoms with Crippen LogP contribution in [-0.2, 0) is 65.6 Å². The molecule has 1 unspecified atom stereocenters. The van der Waals surface area contributed by atoms with Crippen molar-refractivity contribution in [2.45, 2.75) is 76.0 Å². The van der Waals surface area contributed by atoms with Crippen LogP contribution in [0.4, 0.5) is 11.4 Å². The number of nitrogens with one attached hydrogen (secondary N) is 1. The number of hydrogen-bond donors (Lipinski definition) is 5. The van der Waals surface area contributed by atoms with Crippen molar-refractivity contribution in [2.24, 2.45) is 5.41 Å². The smallest absolute Gasteiger partial charge is 0.322 e. The van der Waals surface area contributed by atoms with Gasteiger partial charge in [-0.2, -0.15) is 38.2 Å². The zero-order valence-corrected chi connectivity index (χ0v) is 41.4. The summed E-state index contributed by atoms with van der Waals surface area (Å²) in [6.45, 7) is 8.73. The van der Waals surface area contributed by atoms with Crippen LogP contribution in [0, 0.1) is 5.41 Å². The fourth-order valence-corrected chi connectivity index (χ4v) is 11.3. The van der Waals surface area contributed by atoms with E-state index in [1.54, 1.807) is 50.0 Å². The fourth-order valence-electron chi connectivity index (χ4n) is 9.46. The molecule has 6 rings (SSSR count). The van der Waals surface area contributed by atoms with Crippen molar-refractivity contribution in [1.82, 2.24) is 5.32 Å². The Morgan fingerprint density at radius 3 is 2.10 bits per heavy atom. The molecule has 3 aliphatic rings. The van der Waals surface area contributed by atoms with Gasteiger partial charge in [-0.3, -0.25) is 27.8 Å². The van der Waals surface area contributed by atoms with Gasteiger partial charge in [0.25, 0.3) is 40.5 Å². The lowest BCUT2D eigenvalue weighted by Gasteiger charge is -2.34. The third-order valence-electron chi connectivity index (χ3n) is 12.5. The molecule has 3 aromatic rings. The molecule has 0 aromatic heterocycles. The Balaban J connectivity index is 1.53. The fraction of sp³-hybridized carbons (Fsp3) is 0.413. The standard InChI is InChI=1S/C46H55N3O15S4/c1-6-64-43(51)46(42(50)47-21-26-67(58,59)60)29-31(13-19-39-44(2,3)36-28-34(68(61,62)63)16-18-37(36)48(39)22-9-24-65(52,53)54)27-32(30-46)14-20-40-45(4,5)41-35-12-8-7-11-33(35)15-17-38(41)49(40)23-10-25-66(55,56)57/h7-8,11-20,27-28H,6,9-10,21-26,29-30H2,1-5H3,(H4-,47,50,52,53,54,55,56,57,58,59,60,61,62,63)/p+1.